The van der Waals surface area contributed by atoms with Crippen LogP contribution < -0.4 is 10.6 Å². The molecule has 0 saturated heterocycles. The molecular weight excluding hydrogens is 470 g/mol. The van der Waals surface area contributed by atoms with E-state index in [-0.39, 0.29) is 29.8 Å². The molecule has 28 heavy (non-hydrogen) atoms. The molecule has 1 aromatic heterocycles. The Bertz CT molecular complexity index is 910. The summed E-state index contributed by atoms with van der Waals surface area (Å²) < 4.78 is 15.8. The Kier molecular flexibility index (Phi) is 8.37. The summed E-state index contributed by atoms with van der Waals surface area (Å²) in [6, 6.07) is 16.7. The minimum atomic E-state index is -0.240. The summed E-state index contributed by atoms with van der Waals surface area (Å²) in [6.45, 7) is 3.23. The lowest BCUT2D eigenvalue weighted by atomic mass is 10.2. The van der Waals surface area contributed by atoms with E-state index in [2.05, 4.69) is 25.8 Å². The topological polar surface area (TPSA) is 67.1 Å². The summed E-state index contributed by atoms with van der Waals surface area (Å²) in [5, 5.41) is 14.6. The Morgan fingerprint density at radius 2 is 1.68 bits per heavy atom. The molecule has 3 aromatic rings. The number of rotatable bonds is 6. The maximum absolute atomic E-state index is 13.9. The average molecular weight is 494 g/mol. The van der Waals surface area contributed by atoms with Gasteiger partial charge in [-0.1, -0.05) is 48.5 Å². The van der Waals surface area contributed by atoms with Crippen molar-refractivity contribution in [3.8, 4) is 0 Å². The van der Waals surface area contributed by atoms with Crippen LogP contribution in [0.2, 0.25) is 0 Å². The SMILES string of the molecule is Cc1nnc(CNC(=NCc2ccccc2)NCc2ccccc2F)n1C.I. The van der Waals surface area contributed by atoms with Crippen LogP contribution in [0, 0.1) is 12.7 Å². The fourth-order valence-electron chi connectivity index (χ4n) is 2.52. The van der Waals surface area contributed by atoms with E-state index in [0.29, 0.717) is 31.2 Å². The highest BCUT2D eigenvalue weighted by Gasteiger charge is 2.07. The number of aryl methyl sites for hydroxylation is 1. The normalized spacial score (nSPS) is 11.0. The molecule has 0 saturated carbocycles. The largest absolute Gasteiger partial charge is 0.352 e. The highest BCUT2D eigenvalue weighted by molar-refractivity contribution is 14.0. The van der Waals surface area contributed by atoms with Crippen molar-refractivity contribution >= 4 is 29.9 Å². The van der Waals surface area contributed by atoms with Gasteiger partial charge in [-0.25, -0.2) is 9.38 Å². The minimum Gasteiger partial charge on any atom is -0.352 e. The Balaban J connectivity index is 0.00000280. The maximum atomic E-state index is 13.9. The first-order chi connectivity index (χ1) is 13.1. The van der Waals surface area contributed by atoms with Crippen molar-refractivity contribution in [2.24, 2.45) is 12.0 Å². The van der Waals surface area contributed by atoms with Crippen molar-refractivity contribution in [2.45, 2.75) is 26.6 Å². The number of hydrogen-bond acceptors (Lipinski definition) is 3. The van der Waals surface area contributed by atoms with Gasteiger partial charge in [0.2, 0.25) is 0 Å². The van der Waals surface area contributed by atoms with E-state index in [9.17, 15) is 4.39 Å². The Morgan fingerprint density at radius 1 is 1.00 bits per heavy atom. The second-order valence-corrected chi connectivity index (χ2v) is 6.17. The monoisotopic (exact) mass is 494 g/mol. The number of nitrogens with one attached hydrogen (secondary N) is 2. The predicted octanol–water partition coefficient (Wildman–Crippen LogP) is 3.32. The molecule has 0 fully saturated rings. The first-order valence-electron chi connectivity index (χ1n) is 8.78. The second-order valence-electron chi connectivity index (χ2n) is 6.17. The Labute approximate surface area is 181 Å². The molecule has 3 rings (SSSR count). The molecule has 0 aliphatic carbocycles. The summed E-state index contributed by atoms with van der Waals surface area (Å²) in [6.07, 6.45) is 0. The molecule has 0 unspecified atom stereocenters. The van der Waals surface area contributed by atoms with Gasteiger partial charge >= 0.3 is 0 Å². The van der Waals surface area contributed by atoms with Crippen LogP contribution in [0.5, 0.6) is 0 Å². The van der Waals surface area contributed by atoms with E-state index < -0.39 is 0 Å². The van der Waals surface area contributed by atoms with Crippen molar-refractivity contribution < 1.29 is 4.39 Å². The zero-order valence-electron chi connectivity index (χ0n) is 15.9. The number of halogens is 2. The fraction of sp³-hybridized carbons (Fsp3) is 0.250. The van der Waals surface area contributed by atoms with Crippen LogP contribution in [0.1, 0.15) is 22.8 Å². The van der Waals surface area contributed by atoms with Crippen molar-refractivity contribution in [1.29, 1.82) is 0 Å². The van der Waals surface area contributed by atoms with Gasteiger partial charge in [-0.15, -0.1) is 34.2 Å². The van der Waals surface area contributed by atoms with Gasteiger partial charge in [0.05, 0.1) is 13.1 Å². The molecule has 6 nitrogen and oxygen atoms in total. The molecule has 2 N–H and O–H groups in total. The van der Waals surface area contributed by atoms with Crippen LogP contribution in [0.15, 0.2) is 59.6 Å². The lowest BCUT2D eigenvalue weighted by molar-refractivity contribution is 0.604. The second kappa shape index (κ2) is 10.7. The Morgan fingerprint density at radius 3 is 2.36 bits per heavy atom. The van der Waals surface area contributed by atoms with Crippen molar-refractivity contribution in [2.75, 3.05) is 0 Å². The fourth-order valence-corrected chi connectivity index (χ4v) is 2.52. The van der Waals surface area contributed by atoms with Crippen LogP contribution in [0.3, 0.4) is 0 Å². The molecule has 0 amide bonds. The standard InChI is InChI=1S/C20H23FN6.HI/c1-15-25-26-19(27(15)2)14-24-20(22-12-16-8-4-3-5-9-16)23-13-17-10-6-7-11-18(17)21;/h3-11H,12-14H2,1-2H3,(H2,22,23,24);1H. The maximum Gasteiger partial charge on any atom is 0.192 e. The number of aromatic nitrogens is 3. The van der Waals surface area contributed by atoms with Crippen LogP contribution >= 0.6 is 24.0 Å². The van der Waals surface area contributed by atoms with Gasteiger partial charge in [-0.05, 0) is 18.6 Å². The van der Waals surface area contributed by atoms with Crippen LogP contribution in [-0.4, -0.2) is 20.7 Å². The molecule has 0 aliphatic heterocycles. The van der Waals surface area contributed by atoms with E-state index in [1.165, 1.54) is 6.07 Å². The zero-order chi connectivity index (χ0) is 19.1. The predicted molar refractivity (Wildman–Crippen MR) is 119 cm³/mol. The molecule has 0 radical (unpaired) electrons. The summed E-state index contributed by atoms with van der Waals surface area (Å²) >= 11 is 0. The molecule has 0 bridgehead atoms. The molecular formula is C20H24FIN6. The number of benzene rings is 2. The summed E-state index contributed by atoms with van der Waals surface area (Å²) in [5.41, 5.74) is 1.68. The molecule has 0 atom stereocenters. The van der Waals surface area contributed by atoms with Crippen LogP contribution in [0.4, 0.5) is 4.39 Å². The smallest absolute Gasteiger partial charge is 0.192 e. The van der Waals surface area contributed by atoms with Gasteiger partial charge in [-0.2, -0.15) is 0 Å². The highest BCUT2D eigenvalue weighted by atomic mass is 127. The third-order valence-electron chi connectivity index (χ3n) is 4.26. The van der Waals surface area contributed by atoms with Gasteiger partial charge in [0.15, 0.2) is 11.8 Å². The number of aliphatic imine (C=N–C) groups is 1. The molecule has 0 spiro atoms. The van der Waals surface area contributed by atoms with Crippen molar-refractivity contribution in [3.05, 3.63) is 83.2 Å². The number of hydrogen-bond donors (Lipinski definition) is 2. The first-order valence-corrected chi connectivity index (χ1v) is 8.78. The molecule has 148 valence electrons. The van der Waals surface area contributed by atoms with E-state index in [1.807, 2.05) is 54.9 Å². The van der Waals surface area contributed by atoms with Crippen molar-refractivity contribution in [1.82, 2.24) is 25.4 Å². The van der Waals surface area contributed by atoms with Gasteiger partial charge in [0.25, 0.3) is 0 Å². The van der Waals surface area contributed by atoms with E-state index >= 15 is 0 Å². The number of guanidine groups is 1. The van der Waals surface area contributed by atoms with E-state index in [1.54, 1.807) is 12.1 Å². The third-order valence-corrected chi connectivity index (χ3v) is 4.26. The molecule has 1 heterocycles. The van der Waals surface area contributed by atoms with Gasteiger partial charge in [-0.3, -0.25) is 0 Å². The number of nitrogens with zero attached hydrogens (tertiary/aromatic N) is 4. The van der Waals surface area contributed by atoms with Gasteiger partial charge in [0.1, 0.15) is 11.6 Å². The molecule has 2 aromatic carbocycles. The van der Waals surface area contributed by atoms with E-state index in [4.69, 9.17) is 0 Å². The highest BCUT2D eigenvalue weighted by Crippen LogP contribution is 2.06. The molecule has 8 heteroatoms. The summed E-state index contributed by atoms with van der Waals surface area (Å²) in [5.74, 6) is 1.99. The minimum absolute atomic E-state index is 0. The Hall–Kier alpha value is -2.49. The van der Waals surface area contributed by atoms with E-state index in [0.717, 1.165) is 17.2 Å². The lowest BCUT2D eigenvalue weighted by Gasteiger charge is -2.13. The van der Waals surface area contributed by atoms with Crippen LogP contribution in [-0.2, 0) is 26.7 Å². The van der Waals surface area contributed by atoms with Gasteiger partial charge < -0.3 is 15.2 Å². The third kappa shape index (κ3) is 6.01. The van der Waals surface area contributed by atoms with Gasteiger partial charge in [0, 0.05) is 19.2 Å². The first kappa shape index (κ1) is 21.8. The molecule has 0 aliphatic rings. The average Bonchev–Trinajstić information content (AvgIpc) is 3.01. The van der Waals surface area contributed by atoms with Crippen LogP contribution in [0.25, 0.3) is 0 Å². The summed E-state index contributed by atoms with van der Waals surface area (Å²) in [4.78, 5) is 4.60. The lowest BCUT2D eigenvalue weighted by Crippen LogP contribution is -2.37. The quantitative estimate of drug-likeness (QED) is 0.314. The summed E-state index contributed by atoms with van der Waals surface area (Å²) in [7, 11) is 1.92. The zero-order valence-corrected chi connectivity index (χ0v) is 18.2. The van der Waals surface area contributed by atoms with Crippen molar-refractivity contribution in [3.63, 3.8) is 0 Å².